The summed E-state index contributed by atoms with van der Waals surface area (Å²) in [4.78, 5) is 10.2. The van der Waals surface area contributed by atoms with Crippen molar-refractivity contribution < 1.29 is 14.6 Å². The van der Waals surface area contributed by atoms with Crippen molar-refractivity contribution in [2.75, 3.05) is 0 Å². The van der Waals surface area contributed by atoms with Crippen LogP contribution < -0.4 is 0 Å². The van der Waals surface area contributed by atoms with Crippen molar-refractivity contribution in [3.05, 3.63) is 76.0 Å². The number of benzene rings is 2. The van der Waals surface area contributed by atoms with Crippen molar-refractivity contribution >= 4 is 17.3 Å². The van der Waals surface area contributed by atoms with Gasteiger partial charge in [-0.05, 0) is 35.9 Å². The summed E-state index contributed by atoms with van der Waals surface area (Å²) in [6, 6.07) is 14.3. The SMILES string of the molecule is N#C/C(=C\c1cnoc1-c1ccccc1O)c1ccc([N+](=O)[O-])cc1. The van der Waals surface area contributed by atoms with Crippen LogP contribution in [-0.2, 0) is 0 Å². The lowest BCUT2D eigenvalue weighted by atomic mass is 10.0. The van der Waals surface area contributed by atoms with Gasteiger partial charge in [-0.25, -0.2) is 0 Å². The van der Waals surface area contributed by atoms with Crippen LogP contribution in [0.25, 0.3) is 23.0 Å². The fourth-order valence-corrected chi connectivity index (χ4v) is 2.32. The molecule has 0 saturated carbocycles. The van der Waals surface area contributed by atoms with Gasteiger partial charge < -0.3 is 9.63 Å². The summed E-state index contributed by atoms with van der Waals surface area (Å²) >= 11 is 0. The normalized spacial score (nSPS) is 11.1. The number of nitro benzene ring substituents is 1. The minimum absolute atomic E-state index is 0.0303. The van der Waals surface area contributed by atoms with Crippen molar-refractivity contribution in [3.63, 3.8) is 0 Å². The Morgan fingerprint density at radius 3 is 2.60 bits per heavy atom. The topological polar surface area (TPSA) is 113 Å². The van der Waals surface area contributed by atoms with Crippen molar-refractivity contribution in [1.82, 2.24) is 5.16 Å². The number of aromatic hydroxyl groups is 1. The summed E-state index contributed by atoms with van der Waals surface area (Å²) in [5.74, 6) is 0.357. The average molecular weight is 333 g/mol. The molecule has 2 aromatic carbocycles. The molecule has 0 saturated heterocycles. The molecule has 0 aliphatic carbocycles. The van der Waals surface area contributed by atoms with Gasteiger partial charge in [-0.15, -0.1) is 0 Å². The van der Waals surface area contributed by atoms with E-state index in [1.165, 1.54) is 36.5 Å². The van der Waals surface area contributed by atoms with E-state index < -0.39 is 4.92 Å². The van der Waals surface area contributed by atoms with E-state index in [0.29, 0.717) is 22.5 Å². The molecule has 0 amide bonds. The number of nitrogens with zero attached hydrogens (tertiary/aromatic N) is 3. The Kier molecular flexibility index (Phi) is 4.26. The number of phenols is 1. The van der Waals surface area contributed by atoms with Crippen LogP contribution in [0.3, 0.4) is 0 Å². The van der Waals surface area contributed by atoms with Crippen LogP contribution in [0.5, 0.6) is 5.75 Å². The lowest BCUT2D eigenvalue weighted by Gasteiger charge is -2.02. The number of hydrogen-bond donors (Lipinski definition) is 1. The molecule has 7 nitrogen and oxygen atoms in total. The number of non-ortho nitro benzene ring substituents is 1. The molecule has 25 heavy (non-hydrogen) atoms. The third kappa shape index (κ3) is 3.23. The lowest BCUT2D eigenvalue weighted by Crippen LogP contribution is -1.88. The first-order valence-electron chi connectivity index (χ1n) is 7.20. The van der Waals surface area contributed by atoms with Crippen molar-refractivity contribution in [2.24, 2.45) is 0 Å². The molecule has 0 spiro atoms. The van der Waals surface area contributed by atoms with Gasteiger partial charge in [-0.1, -0.05) is 17.3 Å². The molecule has 0 unspecified atom stereocenters. The van der Waals surface area contributed by atoms with Gasteiger partial charge in [0, 0.05) is 17.7 Å². The summed E-state index contributed by atoms with van der Waals surface area (Å²) in [7, 11) is 0. The number of phenolic OH excluding ortho intramolecular Hbond substituents is 1. The van der Waals surface area contributed by atoms with Gasteiger partial charge in [-0.3, -0.25) is 10.1 Å². The molecule has 0 aliphatic heterocycles. The molecule has 0 fully saturated rings. The summed E-state index contributed by atoms with van der Waals surface area (Å²) in [5, 5.41) is 33.8. The van der Waals surface area contributed by atoms with Crippen LogP contribution in [0, 0.1) is 21.4 Å². The first-order valence-corrected chi connectivity index (χ1v) is 7.20. The fraction of sp³-hybridized carbons (Fsp3) is 0. The molecule has 0 aliphatic rings. The second-order valence-corrected chi connectivity index (χ2v) is 5.10. The molecule has 7 heteroatoms. The van der Waals surface area contributed by atoms with Gasteiger partial charge in [0.25, 0.3) is 5.69 Å². The van der Waals surface area contributed by atoms with E-state index >= 15 is 0 Å². The highest BCUT2D eigenvalue weighted by Crippen LogP contribution is 2.33. The van der Waals surface area contributed by atoms with Crippen LogP contribution in [-0.4, -0.2) is 15.2 Å². The molecule has 0 atom stereocenters. The number of aromatic nitrogens is 1. The fourth-order valence-electron chi connectivity index (χ4n) is 2.32. The number of allylic oxidation sites excluding steroid dienone is 1. The number of para-hydroxylation sites is 1. The highest BCUT2D eigenvalue weighted by molar-refractivity contribution is 5.92. The Balaban J connectivity index is 2.02. The monoisotopic (exact) mass is 333 g/mol. The third-order valence-electron chi connectivity index (χ3n) is 3.56. The maximum Gasteiger partial charge on any atom is 0.269 e. The number of rotatable bonds is 4. The molecule has 1 aromatic heterocycles. The molecule has 3 aromatic rings. The molecule has 122 valence electrons. The Morgan fingerprint density at radius 2 is 1.96 bits per heavy atom. The standard InChI is InChI=1S/C18H11N3O4/c19-10-13(12-5-7-15(8-6-12)21(23)24)9-14-11-20-25-18(14)16-3-1-2-4-17(16)22/h1-9,11,22H/b13-9+. The van der Waals surface area contributed by atoms with Gasteiger partial charge in [0.2, 0.25) is 0 Å². The summed E-state index contributed by atoms with van der Waals surface area (Å²) in [5.41, 5.74) is 1.72. The first-order chi connectivity index (χ1) is 12.1. The van der Waals surface area contributed by atoms with E-state index in [4.69, 9.17) is 4.52 Å². The number of hydrogen-bond acceptors (Lipinski definition) is 6. The second-order valence-electron chi connectivity index (χ2n) is 5.10. The number of nitro groups is 1. The molecular weight excluding hydrogens is 322 g/mol. The molecular formula is C18H11N3O4. The maximum atomic E-state index is 10.7. The molecule has 1 heterocycles. The highest BCUT2D eigenvalue weighted by atomic mass is 16.6. The van der Waals surface area contributed by atoms with Gasteiger partial charge in [0.1, 0.15) is 5.75 Å². The van der Waals surface area contributed by atoms with Gasteiger partial charge >= 0.3 is 0 Å². The largest absolute Gasteiger partial charge is 0.507 e. The summed E-state index contributed by atoms with van der Waals surface area (Å²) < 4.78 is 5.21. The van der Waals surface area contributed by atoms with E-state index in [1.54, 1.807) is 24.3 Å². The Labute approximate surface area is 142 Å². The molecule has 3 rings (SSSR count). The van der Waals surface area contributed by atoms with Crippen LogP contribution in [0.2, 0.25) is 0 Å². The zero-order valence-corrected chi connectivity index (χ0v) is 12.8. The Bertz CT molecular complexity index is 998. The van der Waals surface area contributed by atoms with Crippen molar-refractivity contribution in [2.45, 2.75) is 0 Å². The predicted octanol–water partition coefficient (Wildman–Crippen LogP) is 4.02. The first kappa shape index (κ1) is 16.0. The molecule has 0 radical (unpaired) electrons. The van der Waals surface area contributed by atoms with E-state index in [0.717, 1.165) is 0 Å². The zero-order valence-electron chi connectivity index (χ0n) is 12.8. The second kappa shape index (κ2) is 6.68. The van der Waals surface area contributed by atoms with E-state index in [1.807, 2.05) is 0 Å². The van der Waals surface area contributed by atoms with E-state index in [9.17, 15) is 20.5 Å². The van der Waals surface area contributed by atoms with Crippen LogP contribution in [0.1, 0.15) is 11.1 Å². The van der Waals surface area contributed by atoms with E-state index in [2.05, 4.69) is 11.2 Å². The number of nitriles is 1. The average Bonchev–Trinajstić information content (AvgIpc) is 3.08. The highest BCUT2D eigenvalue weighted by Gasteiger charge is 2.14. The predicted molar refractivity (Wildman–Crippen MR) is 90.2 cm³/mol. The van der Waals surface area contributed by atoms with Gasteiger partial charge in [-0.2, -0.15) is 5.26 Å². The summed E-state index contributed by atoms with van der Waals surface area (Å²) in [6.45, 7) is 0. The summed E-state index contributed by atoms with van der Waals surface area (Å²) in [6.07, 6.45) is 2.99. The van der Waals surface area contributed by atoms with Crippen LogP contribution >= 0.6 is 0 Å². The molecule has 0 bridgehead atoms. The zero-order chi connectivity index (χ0) is 17.8. The lowest BCUT2D eigenvalue weighted by molar-refractivity contribution is -0.384. The van der Waals surface area contributed by atoms with Crippen LogP contribution in [0.4, 0.5) is 5.69 Å². The van der Waals surface area contributed by atoms with Gasteiger partial charge in [0.15, 0.2) is 5.76 Å². The third-order valence-corrected chi connectivity index (χ3v) is 3.56. The maximum absolute atomic E-state index is 10.7. The van der Waals surface area contributed by atoms with Gasteiger partial charge in [0.05, 0.1) is 28.3 Å². The minimum atomic E-state index is -0.504. The quantitative estimate of drug-likeness (QED) is 0.438. The van der Waals surface area contributed by atoms with Crippen molar-refractivity contribution in [1.29, 1.82) is 5.26 Å². The smallest absolute Gasteiger partial charge is 0.269 e. The van der Waals surface area contributed by atoms with Crippen LogP contribution in [0.15, 0.2) is 59.3 Å². The van der Waals surface area contributed by atoms with Crippen molar-refractivity contribution in [3.8, 4) is 23.1 Å². The molecule has 1 N–H and O–H groups in total. The Hall–Kier alpha value is -3.92. The Morgan fingerprint density at radius 1 is 1.24 bits per heavy atom. The minimum Gasteiger partial charge on any atom is -0.507 e. The van der Waals surface area contributed by atoms with E-state index in [-0.39, 0.29) is 17.0 Å².